The Kier molecular flexibility index (Phi) is 4.85. The minimum atomic E-state index is 0.0782. The van der Waals surface area contributed by atoms with Gasteiger partial charge in [-0.1, -0.05) is 6.92 Å². The van der Waals surface area contributed by atoms with Gasteiger partial charge < -0.3 is 10.2 Å². The number of amides is 1. The van der Waals surface area contributed by atoms with E-state index in [1.54, 1.807) is 11.0 Å². The molecule has 0 spiro atoms. The molecule has 2 atom stereocenters. The summed E-state index contributed by atoms with van der Waals surface area (Å²) in [6.07, 6.45) is 6.79. The molecule has 4 rings (SSSR count). The molecule has 2 aromatic heterocycles. The number of carbonyl (C=O) groups is 1. The van der Waals surface area contributed by atoms with Crippen molar-refractivity contribution in [3.05, 3.63) is 35.5 Å². The summed E-state index contributed by atoms with van der Waals surface area (Å²) in [4.78, 5) is 23.9. The molecule has 2 aliphatic rings. The van der Waals surface area contributed by atoms with Crippen LogP contribution in [0.4, 0.5) is 5.82 Å². The van der Waals surface area contributed by atoms with Crippen LogP contribution in [0.25, 0.3) is 0 Å². The Bertz CT molecular complexity index is 828. The van der Waals surface area contributed by atoms with Gasteiger partial charge in [-0.3, -0.25) is 9.48 Å². The van der Waals surface area contributed by atoms with Crippen LogP contribution in [-0.4, -0.2) is 49.2 Å². The van der Waals surface area contributed by atoms with Crippen LogP contribution in [0.5, 0.6) is 0 Å². The van der Waals surface area contributed by atoms with E-state index in [2.05, 4.69) is 40.3 Å². The number of hydrogen-bond acceptors (Lipinski definition) is 5. The molecule has 1 amide bonds. The summed E-state index contributed by atoms with van der Waals surface area (Å²) in [6, 6.07) is 4.76. The first-order chi connectivity index (χ1) is 13.0. The second kappa shape index (κ2) is 7.29. The number of aromatic nitrogens is 4. The van der Waals surface area contributed by atoms with E-state index in [1.165, 1.54) is 12.8 Å². The van der Waals surface area contributed by atoms with Crippen molar-refractivity contribution >= 4 is 11.7 Å². The lowest BCUT2D eigenvalue weighted by Crippen LogP contribution is -2.44. The number of nitrogens with zero attached hydrogens (tertiary/aromatic N) is 5. The second-order valence-electron chi connectivity index (χ2n) is 7.81. The fourth-order valence-corrected chi connectivity index (χ4v) is 3.90. The lowest BCUT2D eigenvalue weighted by atomic mass is 9.88. The molecule has 0 bridgehead atoms. The molecule has 1 N–H and O–H groups in total. The van der Waals surface area contributed by atoms with Crippen molar-refractivity contribution in [2.24, 2.45) is 7.05 Å². The molecule has 2 unspecified atom stereocenters. The zero-order valence-corrected chi connectivity index (χ0v) is 16.4. The summed E-state index contributed by atoms with van der Waals surface area (Å²) in [5.41, 5.74) is 2.72. The molecule has 7 nitrogen and oxygen atoms in total. The topological polar surface area (TPSA) is 75.9 Å². The second-order valence-corrected chi connectivity index (χ2v) is 7.81. The largest absolute Gasteiger partial charge is 0.367 e. The highest BCUT2D eigenvalue weighted by Crippen LogP contribution is 2.32. The van der Waals surface area contributed by atoms with E-state index < -0.39 is 0 Å². The molecule has 3 heterocycles. The monoisotopic (exact) mass is 368 g/mol. The number of rotatable bonds is 5. The number of aryl methyl sites for hydroxylation is 2. The molecule has 1 saturated heterocycles. The van der Waals surface area contributed by atoms with Gasteiger partial charge in [-0.15, -0.1) is 0 Å². The minimum absolute atomic E-state index is 0.0782. The Morgan fingerprint density at radius 2 is 2.07 bits per heavy atom. The lowest BCUT2D eigenvalue weighted by Gasteiger charge is -2.37. The molecule has 0 radical (unpaired) electrons. The molecule has 1 aliphatic carbocycles. The predicted molar refractivity (Wildman–Crippen MR) is 104 cm³/mol. The molecule has 1 saturated carbocycles. The summed E-state index contributed by atoms with van der Waals surface area (Å²) >= 11 is 0. The summed E-state index contributed by atoms with van der Waals surface area (Å²) in [5, 5.41) is 7.86. The van der Waals surface area contributed by atoms with Crippen LogP contribution in [0.3, 0.4) is 0 Å². The Balaban J connectivity index is 1.44. The van der Waals surface area contributed by atoms with Crippen molar-refractivity contribution in [3.63, 3.8) is 0 Å². The van der Waals surface area contributed by atoms with Gasteiger partial charge in [0.1, 0.15) is 17.8 Å². The number of likely N-dealkylation sites (tertiary alicyclic amines) is 1. The number of hydrogen-bond donors (Lipinski definition) is 1. The third-order valence-electron chi connectivity index (χ3n) is 5.68. The molecular weight excluding hydrogens is 340 g/mol. The van der Waals surface area contributed by atoms with Crippen LogP contribution >= 0.6 is 0 Å². The summed E-state index contributed by atoms with van der Waals surface area (Å²) in [7, 11) is 1.85. The van der Waals surface area contributed by atoms with E-state index in [0.717, 1.165) is 43.0 Å². The van der Waals surface area contributed by atoms with Gasteiger partial charge in [0, 0.05) is 43.4 Å². The zero-order chi connectivity index (χ0) is 19.0. The third kappa shape index (κ3) is 3.82. The average molecular weight is 368 g/mol. The van der Waals surface area contributed by atoms with Crippen LogP contribution in [0, 0.1) is 0 Å². The van der Waals surface area contributed by atoms with E-state index >= 15 is 0 Å². The van der Waals surface area contributed by atoms with Gasteiger partial charge >= 0.3 is 0 Å². The van der Waals surface area contributed by atoms with Crippen molar-refractivity contribution in [3.8, 4) is 0 Å². The third-order valence-corrected chi connectivity index (χ3v) is 5.68. The number of nitrogens with one attached hydrogen (secondary N) is 1. The summed E-state index contributed by atoms with van der Waals surface area (Å²) in [6.45, 7) is 4.93. The SMILES string of the molecule is CCc1cc(C(=O)N2CCC(c3cc(NC4CC4)ncn3)CC2C)n(C)n1. The maximum atomic E-state index is 13.0. The maximum absolute atomic E-state index is 13.0. The highest BCUT2D eigenvalue weighted by molar-refractivity contribution is 5.93. The van der Waals surface area contributed by atoms with Crippen LogP contribution in [0.2, 0.25) is 0 Å². The number of piperidine rings is 1. The molecule has 2 aromatic rings. The predicted octanol–water partition coefficient (Wildman–Crippen LogP) is 2.76. The zero-order valence-electron chi connectivity index (χ0n) is 16.4. The molecule has 2 fully saturated rings. The smallest absolute Gasteiger partial charge is 0.272 e. The van der Waals surface area contributed by atoms with Gasteiger partial charge in [-0.05, 0) is 45.1 Å². The van der Waals surface area contributed by atoms with Crippen LogP contribution in [0.15, 0.2) is 18.5 Å². The van der Waals surface area contributed by atoms with E-state index in [1.807, 2.05) is 18.0 Å². The van der Waals surface area contributed by atoms with Gasteiger partial charge in [-0.2, -0.15) is 5.10 Å². The number of anilines is 1. The maximum Gasteiger partial charge on any atom is 0.272 e. The van der Waals surface area contributed by atoms with E-state index in [9.17, 15) is 4.79 Å². The van der Waals surface area contributed by atoms with E-state index in [-0.39, 0.29) is 11.9 Å². The Morgan fingerprint density at radius 3 is 2.74 bits per heavy atom. The van der Waals surface area contributed by atoms with E-state index in [0.29, 0.717) is 17.7 Å². The molecular formula is C20H28N6O. The van der Waals surface area contributed by atoms with Crippen LogP contribution < -0.4 is 5.32 Å². The standard InChI is InChI=1S/C20H28N6O/c1-4-15-10-18(25(3)24-15)20(27)26-8-7-14(9-13(26)2)17-11-19(22-12-21-17)23-16-5-6-16/h10-14,16H,4-9H2,1-3H3,(H,21,22,23). The Morgan fingerprint density at radius 1 is 1.26 bits per heavy atom. The van der Waals surface area contributed by atoms with Crippen molar-refractivity contribution in [2.45, 2.75) is 64.0 Å². The minimum Gasteiger partial charge on any atom is -0.367 e. The highest BCUT2D eigenvalue weighted by atomic mass is 16.2. The van der Waals surface area contributed by atoms with Gasteiger partial charge in [0.15, 0.2) is 0 Å². The van der Waals surface area contributed by atoms with Crippen molar-refractivity contribution in [2.75, 3.05) is 11.9 Å². The average Bonchev–Trinajstić information content (AvgIpc) is 3.40. The van der Waals surface area contributed by atoms with Gasteiger partial charge in [0.05, 0.1) is 5.69 Å². The highest BCUT2D eigenvalue weighted by Gasteiger charge is 2.32. The Labute approximate surface area is 160 Å². The fourth-order valence-electron chi connectivity index (χ4n) is 3.90. The Hall–Kier alpha value is -2.44. The van der Waals surface area contributed by atoms with Crippen LogP contribution in [0.1, 0.15) is 67.3 Å². The van der Waals surface area contributed by atoms with Gasteiger partial charge in [-0.25, -0.2) is 9.97 Å². The fraction of sp³-hybridized carbons (Fsp3) is 0.600. The van der Waals surface area contributed by atoms with Crippen molar-refractivity contribution < 1.29 is 4.79 Å². The molecule has 1 aliphatic heterocycles. The molecule has 144 valence electrons. The summed E-state index contributed by atoms with van der Waals surface area (Å²) < 4.78 is 1.71. The van der Waals surface area contributed by atoms with Gasteiger partial charge in [0.25, 0.3) is 5.91 Å². The van der Waals surface area contributed by atoms with Crippen LogP contribution in [-0.2, 0) is 13.5 Å². The molecule has 27 heavy (non-hydrogen) atoms. The first-order valence-electron chi connectivity index (χ1n) is 9.97. The van der Waals surface area contributed by atoms with Crippen molar-refractivity contribution in [1.82, 2.24) is 24.6 Å². The quantitative estimate of drug-likeness (QED) is 0.878. The first kappa shape index (κ1) is 17.9. The number of carbonyl (C=O) groups excluding carboxylic acids is 1. The lowest BCUT2D eigenvalue weighted by molar-refractivity contribution is 0.0603. The molecule has 7 heteroatoms. The van der Waals surface area contributed by atoms with Crippen molar-refractivity contribution in [1.29, 1.82) is 0 Å². The van der Waals surface area contributed by atoms with E-state index in [4.69, 9.17) is 0 Å². The first-order valence-corrected chi connectivity index (χ1v) is 9.97. The normalized spacial score (nSPS) is 22.7. The molecule has 0 aromatic carbocycles. The van der Waals surface area contributed by atoms with Gasteiger partial charge in [0.2, 0.25) is 0 Å². The summed E-state index contributed by atoms with van der Waals surface area (Å²) in [5.74, 6) is 1.37.